The normalized spacial score (nSPS) is 11.5. The van der Waals surface area contributed by atoms with Crippen LogP contribution in [0.2, 0.25) is 10.0 Å². The number of urea groups is 1. The highest BCUT2D eigenvalue weighted by Gasteiger charge is 2.14. The molecule has 0 aliphatic carbocycles. The summed E-state index contributed by atoms with van der Waals surface area (Å²) >= 11 is 12.0. The van der Waals surface area contributed by atoms with E-state index in [1.165, 1.54) is 0 Å². The van der Waals surface area contributed by atoms with Crippen molar-refractivity contribution in [1.29, 1.82) is 0 Å². The van der Waals surface area contributed by atoms with Crippen LogP contribution in [0.1, 0.15) is 18.5 Å². The number of hydrogen-bond donors (Lipinski definition) is 2. The van der Waals surface area contributed by atoms with Crippen LogP contribution in [0.5, 0.6) is 11.5 Å². The Hall–Kier alpha value is -2.11. The van der Waals surface area contributed by atoms with Gasteiger partial charge in [-0.15, -0.1) is 0 Å². The Balaban J connectivity index is 2.07. The second-order valence-electron chi connectivity index (χ2n) is 5.04. The highest BCUT2D eigenvalue weighted by molar-refractivity contribution is 6.43. The summed E-state index contributed by atoms with van der Waals surface area (Å²) in [6.45, 7) is 1.86. The molecule has 5 nitrogen and oxygen atoms in total. The van der Waals surface area contributed by atoms with Crippen molar-refractivity contribution in [2.75, 3.05) is 19.5 Å². The summed E-state index contributed by atoms with van der Waals surface area (Å²) in [5.74, 6) is 1.23. The molecule has 2 aromatic carbocycles. The maximum Gasteiger partial charge on any atom is 0.319 e. The lowest BCUT2D eigenvalue weighted by Crippen LogP contribution is -2.31. The quantitative estimate of drug-likeness (QED) is 0.789. The second-order valence-corrected chi connectivity index (χ2v) is 5.82. The summed E-state index contributed by atoms with van der Waals surface area (Å²) in [5, 5.41) is 6.19. The summed E-state index contributed by atoms with van der Waals surface area (Å²) in [5.41, 5.74) is 1.32. The van der Waals surface area contributed by atoms with Gasteiger partial charge in [-0.3, -0.25) is 0 Å². The zero-order valence-electron chi connectivity index (χ0n) is 13.5. The van der Waals surface area contributed by atoms with Gasteiger partial charge in [0.1, 0.15) is 0 Å². The Morgan fingerprint density at radius 3 is 2.46 bits per heavy atom. The lowest BCUT2D eigenvalue weighted by atomic mass is 10.1. The van der Waals surface area contributed by atoms with Crippen molar-refractivity contribution in [2.45, 2.75) is 13.0 Å². The third kappa shape index (κ3) is 4.24. The molecule has 0 unspecified atom stereocenters. The first-order chi connectivity index (χ1) is 11.5. The van der Waals surface area contributed by atoms with E-state index in [1.807, 2.05) is 19.1 Å². The van der Waals surface area contributed by atoms with E-state index in [2.05, 4.69) is 10.6 Å². The first-order valence-electron chi connectivity index (χ1n) is 7.19. The van der Waals surface area contributed by atoms with Crippen molar-refractivity contribution in [3.05, 3.63) is 52.0 Å². The molecule has 128 valence electrons. The highest BCUT2D eigenvalue weighted by Crippen LogP contribution is 2.31. The van der Waals surface area contributed by atoms with Crippen LogP contribution in [-0.4, -0.2) is 20.3 Å². The van der Waals surface area contributed by atoms with Crippen LogP contribution >= 0.6 is 23.2 Å². The van der Waals surface area contributed by atoms with Crippen LogP contribution in [0.4, 0.5) is 10.5 Å². The monoisotopic (exact) mass is 368 g/mol. The van der Waals surface area contributed by atoms with Gasteiger partial charge in [0.05, 0.1) is 36.0 Å². The molecule has 24 heavy (non-hydrogen) atoms. The van der Waals surface area contributed by atoms with Crippen LogP contribution in [0.3, 0.4) is 0 Å². The molecule has 0 saturated carbocycles. The predicted molar refractivity (Wildman–Crippen MR) is 96.6 cm³/mol. The number of anilines is 1. The summed E-state index contributed by atoms with van der Waals surface area (Å²) in [4.78, 5) is 12.2. The molecule has 0 spiro atoms. The molecular weight excluding hydrogens is 351 g/mol. The first-order valence-corrected chi connectivity index (χ1v) is 7.95. The maximum atomic E-state index is 12.2. The Kier molecular flexibility index (Phi) is 6.17. The van der Waals surface area contributed by atoms with Crippen LogP contribution in [0.15, 0.2) is 36.4 Å². The van der Waals surface area contributed by atoms with Gasteiger partial charge >= 0.3 is 6.03 Å². The average Bonchev–Trinajstić information content (AvgIpc) is 2.58. The fourth-order valence-electron chi connectivity index (χ4n) is 2.16. The van der Waals surface area contributed by atoms with Crippen molar-refractivity contribution < 1.29 is 14.3 Å². The Bertz CT molecular complexity index is 738. The van der Waals surface area contributed by atoms with E-state index in [9.17, 15) is 4.79 Å². The van der Waals surface area contributed by atoms with Gasteiger partial charge in [0.2, 0.25) is 0 Å². The number of rotatable bonds is 5. The van der Waals surface area contributed by atoms with E-state index in [-0.39, 0.29) is 12.1 Å². The van der Waals surface area contributed by atoms with Gasteiger partial charge in [0, 0.05) is 0 Å². The van der Waals surface area contributed by atoms with Crippen molar-refractivity contribution in [2.24, 2.45) is 0 Å². The van der Waals surface area contributed by atoms with E-state index >= 15 is 0 Å². The van der Waals surface area contributed by atoms with E-state index < -0.39 is 0 Å². The van der Waals surface area contributed by atoms with Gasteiger partial charge in [-0.2, -0.15) is 0 Å². The third-order valence-electron chi connectivity index (χ3n) is 3.45. The number of carbonyl (C=O) groups excluding carboxylic acids is 1. The number of carbonyl (C=O) groups is 1. The number of amides is 2. The SMILES string of the molecule is COc1ccc([C@@H](C)NC(=O)Nc2cccc(Cl)c2Cl)cc1OC. The fraction of sp³-hybridized carbons (Fsp3) is 0.235. The van der Waals surface area contributed by atoms with Crippen LogP contribution in [0.25, 0.3) is 0 Å². The summed E-state index contributed by atoms with van der Waals surface area (Å²) in [6.07, 6.45) is 0. The Morgan fingerprint density at radius 1 is 1.08 bits per heavy atom. The van der Waals surface area contributed by atoms with Crippen molar-refractivity contribution >= 4 is 34.9 Å². The topological polar surface area (TPSA) is 59.6 Å². The highest BCUT2D eigenvalue weighted by atomic mass is 35.5. The molecule has 0 heterocycles. The zero-order chi connectivity index (χ0) is 17.7. The second kappa shape index (κ2) is 8.13. The standard InChI is InChI=1S/C17H18Cl2N2O3/c1-10(11-7-8-14(23-2)15(9-11)24-3)20-17(22)21-13-6-4-5-12(18)16(13)19/h4-10H,1-3H3,(H2,20,21,22)/t10-/m1/s1. The molecule has 2 N–H and O–H groups in total. The summed E-state index contributed by atoms with van der Waals surface area (Å²) in [6, 6.07) is 9.87. The number of methoxy groups -OCH3 is 2. The van der Waals surface area contributed by atoms with Crippen LogP contribution in [0, 0.1) is 0 Å². The van der Waals surface area contributed by atoms with Crippen molar-refractivity contribution in [3.8, 4) is 11.5 Å². The molecular formula is C17H18Cl2N2O3. The number of benzene rings is 2. The van der Waals surface area contributed by atoms with E-state index in [0.717, 1.165) is 5.56 Å². The third-order valence-corrected chi connectivity index (χ3v) is 4.27. The minimum atomic E-state index is -0.388. The van der Waals surface area contributed by atoms with E-state index in [4.69, 9.17) is 32.7 Å². The van der Waals surface area contributed by atoms with E-state index in [1.54, 1.807) is 38.5 Å². The number of ether oxygens (including phenoxy) is 2. The molecule has 0 aliphatic heterocycles. The van der Waals surface area contributed by atoms with Gasteiger partial charge in [0.25, 0.3) is 0 Å². The van der Waals surface area contributed by atoms with Gasteiger partial charge in [-0.05, 0) is 36.8 Å². The maximum absolute atomic E-state index is 12.2. The number of nitrogens with one attached hydrogen (secondary N) is 2. The molecule has 2 amide bonds. The van der Waals surface area contributed by atoms with E-state index in [0.29, 0.717) is 27.2 Å². The lowest BCUT2D eigenvalue weighted by Gasteiger charge is -2.17. The number of hydrogen-bond acceptors (Lipinski definition) is 3. The Morgan fingerprint density at radius 2 is 1.79 bits per heavy atom. The minimum Gasteiger partial charge on any atom is -0.493 e. The molecule has 0 aromatic heterocycles. The summed E-state index contributed by atoms with van der Waals surface area (Å²) < 4.78 is 10.5. The predicted octanol–water partition coefficient (Wildman–Crippen LogP) is 4.89. The molecule has 7 heteroatoms. The van der Waals surface area contributed by atoms with Gasteiger partial charge in [0.15, 0.2) is 11.5 Å². The summed E-state index contributed by atoms with van der Waals surface area (Å²) in [7, 11) is 3.13. The molecule has 2 aromatic rings. The lowest BCUT2D eigenvalue weighted by molar-refractivity contribution is 0.249. The first kappa shape index (κ1) is 18.2. The minimum absolute atomic E-state index is 0.247. The zero-order valence-corrected chi connectivity index (χ0v) is 15.0. The molecule has 0 bridgehead atoms. The number of halogens is 2. The van der Waals surface area contributed by atoms with Crippen molar-refractivity contribution in [1.82, 2.24) is 5.32 Å². The van der Waals surface area contributed by atoms with Crippen LogP contribution in [-0.2, 0) is 0 Å². The molecule has 0 radical (unpaired) electrons. The Labute approximate surface area is 150 Å². The average molecular weight is 369 g/mol. The molecule has 0 aliphatic rings. The fourth-order valence-corrected chi connectivity index (χ4v) is 2.51. The molecule has 0 fully saturated rings. The van der Waals surface area contributed by atoms with Gasteiger partial charge in [-0.25, -0.2) is 4.79 Å². The molecule has 1 atom stereocenters. The van der Waals surface area contributed by atoms with Gasteiger partial charge in [-0.1, -0.05) is 35.3 Å². The van der Waals surface area contributed by atoms with Crippen molar-refractivity contribution in [3.63, 3.8) is 0 Å². The van der Waals surface area contributed by atoms with Gasteiger partial charge < -0.3 is 20.1 Å². The molecule has 2 rings (SSSR count). The molecule has 0 saturated heterocycles. The van der Waals surface area contributed by atoms with Crippen LogP contribution < -0.4 is 20.1 Å². The smallest absolute Gasteiger partial charge is 0.319 e. The largest absolute Gasteiger partial charge is 0.493 e.